The highest BCUT2D eigenvalue weighted by Gasteiger charge is 2.13. The van der Waals surface area contributed by atoms with Gasteiger partial charge in [0.25, 0.3) is 0 Å². The lowest BCUT2D eigenvalue weighted by Gasteiger charge is -2.18. The van der Waals surface area contributed by atoms with Gasteiger partial charge in [0.1, 0.15) is 5.75 Å². The second-order valence-corrected chi connectivity index (χ2v) is 5.39. The quantitative estimate of drug-likeness (QED) is 0.886. The van der Waals surface area contributed by atoms with E-state index in [1.165, 1.54) is 16.8 Å². The van der Waals surface area contributed by atoms with Crippen molar-refractivity contribution in [3.63, 3.8) is 0 Å². The summed E-state index contributed by atoms with van der Waals surface area (Å²) in [5.41, 5.74) is 4.92. The van der Waals surface area contributed by atoms with Gasteiger partial charge in [-0.15, -0.1) is 0 Å². The smallest absolute Gasteiger partial charge is 0.118 e. The number of nitrogens with zero attached hydrogens (tertiary/aromatic N) is 2. The number of aromatic nitrogens is 2. The van der Waals surface area contributed by atoms with Gasteiger partial charge >= 0.3 is 0 Å². The summed E-state index contributed by atoms with van der Waals surface area (Å²) in [6.45, 7) is 7.23. The van der Waals surface area contributed by atoms with Crippen molar-refractivity contribution < 1.29 is 4.74 Å². The largest absolute Gasteiger partial charge is 0.497 e. The Morgan fingerprint density at radius 3 is 2.38 bits per heavy atom. The van der Waals surface area contributed by atoms with Crippen LogP contribution in [0.25, 0.3) is 0 Å². The molecule has 0 aliphatic rings. The normalized spacial score (nSPS) is 12.4. The highest BCUT2D eigenvalue weighted by molar-refractivity contribution is 5.29. The summed E-state index contributed by atoms with van der Waals surface area (Å²) in [5.74, 6) is 0.896. The third kappa shape index (κ3) is 3.45. The van der Waals surface area contributed by atoms with Crippen molar-refractivity contribution in [3.8, 4) is 5.75 Å². The molecule has 4 nitrogen and oxygen atoms in total. The zero-order valence-electron chi connectivity index (χ0n) is 13.6. The average molecular weight is 287 g/mol. The van der Waals surface area contributed by atoms with Gasteiger partial charge in [0.2, 0.25) is 0 Å². The molecule has 0 saturated carbocycles. The Balaban J connectivity index is 2.08. The topological polar surface area (TPSA) is 39.1 Å². The van der Waals surface area contributed by atoms with Gasteiger partial charge in [0.05, 0.1) is 12.8 Å². The van der Waals surface area contributed by atoms with Crippen LogP contribution in [0, 0.1) is 13.8 Å². The molecule has 1 N–H and O–H groups in total. The van der Waals surface area contributed by atoms with Gasteiger partial charge < -0.3 is 10.1 Å². The van der Waals surface area contributed by atoms with E-state index < -0.39 is 0 Å². The van der Waals surface area contributed by atoms with Gasteiger partial charge in [0, 0.05) is 30.9 Å². The van der Waals surface area contributed by atoms with E-state index in [-0.39, 0.29) is 0 Å². The molecule has 114 valence electrons. The Morgan fingerprint density at radius 2 is 1.90 bits per heavy atom. The fourth-order valence-corrected chi connectivity index (χ4v) is 2.63. The first-order chi connectivity index (χ1) is 10.1. The molecule has 0 bridgehead atoms. The first-order valence-corrected chi connectivity index (χ1v) is 7.43. The predicted octanol–water partition coefficient (Wildman–Crippen LogP) is 3.29. The fourth-order valence-electron chi connectivity index (χ4n) is 2.63. The highest BCUT2D eigenvalue weighted by atomic mass is 16.5. The van der Waals surface area contributed by atoms with Crippen molar-refractivity contribution in [2.24, 2.45) is 7.05 Å². The summed E-state index contributed by atoms with van der Waals surface area (Å²) in [6.07, 6.45) is 1.05. The molecule has 0 fully saturated rings. The number of methoxy groups -OCH3 is 1. The van der Waals surface area contributed by atoms with Crippen molar-refractivity contribution in [2.75, 3.05) is 7.11 Å². The Bertz CT molecular complexity index is 587. The molecular weight excluding hydrogens is 262 g/mol. The Hall–Kier alpha value is -1.81. The summed E-state index contributed by atoms with van der Waals surface area (Å²) in [7, 11) is 3.69. The van der Waals surface area contributed by atoms with Crippen molar-refractivity contribution in [1.29, 1.82) is 0 Å². The van der Waals surface area contributed by atoms with Crippen LogP contribution in [0.5, 0.6) is 5.75 Å². The minimum Gasteiger partial charge on any atom is -0.497 e. The summed E-state index contributed by atoms with van der Waals surface area (Å²) >= 11 is 0. The van der Waals surface area contributed by atoms with E-state index in [0.29, 0.717) is 6.04 Å². The van der Waals surface area contributed by atoms with Gasteiger partial charge in [-0.05, 0) is 38.0 Å². The lowest BCUT2D eigenvalue weighted by molar-refractivity contribution is 0.414. The minimum atomic E-state index is 0.343. The second kappa shape index (κ2) is 6.76. The molecule has 0 aliphatic carbocycles. The zero-order chi connectivity index (χ0) is 15.4. The molecule has 1 atom stereocenters. The zero-order valence-corrected chi connectivity index (χ0v) is 13.6. The second-order valence-electron chi connectivity index (χ2n) is 5.39. The van der Waals surface area contributed by atoms with Crippen LogP contribution in [0.1, 0.15) is 41.9 Å². The number of benzene rings is 1. The SMILES string of the molecule is CCC(NCc1c(C)nn(C)c1C)c1ccc(OC)cc1. The molecule has 2 aromatic rings. The van der Waals surface area contributed by atoms with E-state index in [1.54, 1.807) is 7.11 Å². The fraction of sp³-hybridized carbons (Fsp3) is 0.471. The van der Waals surface area contributed by atoms with E-state index in [9.17, 15) is 0 Å². The lowest BCUT2D eigenvalue weighted by atomic mass is 10.0. The van der Waals surface area contributed by atoms with Crippen LogP contribution in [0.2, 0.25) is 0 Å². The van der Waals surface area contributed by atoms with E-state index in [2.05, 4.69) is 43.3 Å². The molecule has 0 aliphatic heterocycles. The standard InChI is InChI=1S/C17H25N3O/c1-6-17(14-7-9-15(21-5)10-8-14)18-11-16-12(2)19-20(4)13(16)3/h7-10,17-18H,6,11H2,1-5H3. The van der Waals surface area contributed by atoms with Crippen LogP contribution in [0.15, 0.2) is 24.3 Å². The van der Waals surface area contributed by atoms with E-state index in [0.717, 1.165) is 24.4 Å². The van der Waals surface area contributed by atoms with Crippen LogP contribution in [0.4, 0.5) is 0 Å². The van der Waals surface area contributed by atoms with Crippen molar-refractivity contribution in [3.05, 3.63) is 46.8 Å². The molecule has 0 amide bonds. The third-order valence-electron chi connectivity index (χ3n) is 4.11. The van der Waals surface area contributed by atoms with Crippen LogP contribution < -0.4 is 10.1 Å². The van der Waals surface area contributed by atoms with Gasteiger partial charge in [-0.25, -0.2) is 0 Å². The number of ether oxygens (including phenoxy) is 1. The van der Waals surface area contributed by atoms with E-state index >= 15 is 0 Å². The number of hydrogen-bond acceptors (Lipinski definition) is 3. The minimum absolute atomic E-state index is 0.343. The number of hydrogen-bond donors (Lipinski definition) is 1. The molecule has 2 rings (SSSR count). The first-order valence-electron chi connectivity index (χ1n) is 7.43. The summed E-state index contributed by atoms with van der Waals surface area (Å²) in [5, 5.41) is 8.11. The monoisotopic (exact) mass is 287 g/mol. The third-order valence-corrected chi connectivity index (χ3v) is 4.11. The summed E-state index contributed by atoms with van der Waals surface area (Å²) < 4.78 is 7.16. The molecule has 1 aromatic heterocycles. The van der Waals surface area contributed by atoms with Crippen molar-refractivity contribution >= 4 is 0 Å². The average Bonchev–Trinajstić information content (AvgIpc) is 2.74. The lowest BCUT2D eigenvalue weighted by Crippen LogP contribution is -2.21. The number of rotatable bonds is 6. The predicted molar refractivity (Wildman–Crippen MR) is 85.5 cm³/mol. The summed E-state index contributed by atoms with van der Waals surface area (Å²) in [4.78, 5) is 0. The van der Waals surface area contributed by atoms with Crippen LogP contribution in [-0.4, -0.2) is 16.9 Å². The van der Waals surface area contributed by atoms with E-state index in [4.69, 9.17) is 4.74 Å². The molecule has 0 radical (unpaired) electrons. The Labute approximate surface area is 127 Å². The first kappa shape index (κ1) is 15.6. The molecule has 1 unspecified atom stereocenters. The van der Waals surface area contributed by atoms with Gasteiger partial charge in [0.15, 0.2) is 0 Å². The molecule has 0 saturated heterocycles. The molecule has 1 heterocycles. The van der Waals surface area contributed by atoms with Gasteiger partial charge in [-0.3, -0.25) is 4.68 Å². The molecule has 1 aromatic carbocycles. The van der Waals surface area contributed by atoms with Crippen molar-refractivity contribution in [1.82, 2.24) is 15.1 Å². The van der Waals surface area contributed by atoms with Crippen molar-refractivity contribution in [2.45, 2.75) is 39.8 Å². The van der Waals surface area contributed by atoms with Gasteiger partial charge in [-0.2, -0.15) is 5.10 Å². The Morgan fingerprint density at radius 1 is 1.24 bits per heavy atom. The Kier molecular flexibility index (Phi) is 5.02. The van der Waals surface area contributed by atoms with E-state index in [1.807, 2.05) is 23.9 Å². The van der Waals surface area contributed by atoms with Crippen LogP contribution >= 0.6 is 0 Å². The molecular formula is C17H25N3O. The molecule has 0 spiro atoms. The number of nitrogens with one attached hydrogen (secondary N) is 1. The van der Waals surface area contributed by atoms with Crippen LogP contribution in [-0.2, 0) is 13.6 Å². The maximum Gasteiger partial charge on any atom is 0.118 e. The van der Waals surface area contributed by atoms with Crippen LogP contribution in [0.3, 0.4) is 0 Å². The van der Waals surface area contributed by atoms with Gasteiger partial charge in [-0.1, -0.05) is 19.1 Å². The summed E-state index contributed by atoms with van der Waals surface area (Å²) in [6, 6.07) is 8.63. The molecule has 4 heteroatoms. The highest BCUT2D eigenvalue weighted by Crippen LogP contribution is 2.21. The number of aryl methyl sites for hydroxylation is 2. The maximum atomic E-state index is 5.21. The molecule has 21 heavy (non-hydrogen) atoms. The maximum absolute atomic E-state index is 5.21.